The summed E-state index contributed by atoms with van der Waals surface area (Å²) in [5.41, 5.74) is 0.908. The normalized spacial score (nSPS) is 18.8. The first kappa shape index (κ1) is 44.7. The zero-order valence-electron chi connectivity index (χ0n) is 32.8. The highest BCUT2D eigenvalue weighted by Gasteiger charge is 2.41. The Bertz CT molecular complexity index is 1320. The standard InChI is InChI=1S/C37H62N7O7P/c1-11-26(4)35(43(8)36(48)34(25(2)3)40-37(38-5)42(6)7)30(51-10)24-33(47)44-19-15-18-28(44)29(50-9)23-31(46)39-32(52(41-49)21-20-45)22-27-16-13-12-14-17-27/h12-14,16-17,20,25-26,28-30,32,34-35H,11,15,18-19,21-24H2,1-10H3,(H,38,40)(H,39,46)/t26?,28?,29?,30?,32?,34-,35?,52?/m0/s1. The van der Waals surface area contributed by atoms with Gasteiger partial charge in [-0.25, -0.2) is 4.99 Å². The molecule has 1 saturated heterocycles. The lowest BCUT2D eigenvalue weighted by Crippen LogP contribution is -2.54. The molecule has 2 N–H and O–H groups in total. The summed E-state index contributed by atoms with van der Waals surface area (Å²) in [6.45, 7) is 8.54. The molecule has 1 aromatic carbocycles. The lowest BCUT2D eigenvalue weighted by molar-refractivity contribution is -0.145. The first-order valence-corrected chi connectivity index (χ1v) is 19.7. The van der Waals surface area contributed by atoms with Gasteiger partial charge < -0.3 is 39.6 Å². The van der Waals surface area contributed by atoms with Crippen LogP contribution in [0.4, 0.5) is 0 Å². The van der Waals surface area contributed by atoms with Gasteiger partial charge in [0.2, 0.25) is 17.7 Å². The molecule has 1 aromatic rings. The van der Waals surface area contributed by atoms with Crippen LogP contribution in [0.2, 0.25) is 0 Å². The van der Waals surface area contributed by atoms with Crippen molar-refractivity contribution in [3.8, 4) is 0 Å². The minimum Gasteiger partial charge on any atom is -0.379 e. The van der Waals surface area contributed by atoms with Crippen LogP contribution < -0.4 is 10.6 Å². The number of hydrogen-bond donors (Lipinski definition) is 2. The van der Waals surface area contributed by atoms with Gasteiger partial charge in [0.1, 0.15) is 12.3 Å². The van der Waals surface area contributed by atoms with Gasteiger partial charge in [-0.05, 0) is 41.6 Å². The molecule has 7 unspecified atom stereocenters. The Morgan fingerprint density at radius 3 is 2.27 bits per heavy atom. The Hall–Kier alpha value is -3.48. The maximum atomic E-state index is 14.1. The zero-order chi connectivity index (χ0) is 39.0. The number of carbonyl (C=O) groups excluding carboxylic acids is 4. The van der Waals surface area contributed by atoms with Crippen LogP contribution in [-0.2, 0) is 35.1 Å². The summed E-state index contributed by atoms with van der Waals surface area (Å²) in [7, 11) is 8.67. The summed E-state index contributed by atoms with van der Waals surface area (Å²) in [4.78, 5) is 77.9. The average Bonchev–Trinajstić information content (AvgIpc) is 3.62. The van der Waals surface area contributed by atoms with E-state index < -0.39 is 38.1 Å². The van der Waals surface area contributed by atoms with Crippen LogP contribution in [0, 0.1) is 16.7 Å². The molecule has 0 aliphatic carbocycles. The number of nitroso groups, excluding NO2 is 1. The predicted molar refractivity (Wildman–Crippen MR) is 206 cm³/mol. The number of aliphatic imine (C=N–C) groups is 1. The minimum absolute atomic E-state index is 0.0142. The second-order valence-electron chi connectivity index (χ2n) is 14.0. The second-order valence-corrected chi connectivity index (χ2v) is 16.0. The van der Waals surface area contributed by atoms with Gasteiger partial charge in [-0.2, -0.15) is 0 Å². The molecule has 292 valence electrons. The minimum atomic E-state index is -1.68. The summed E-state index contributed by atoms with van der Waals surface area (Å²) in [6, 6.07) is 8.00. The SMILES string of the molecule is CCC(C)C(C(CC(=O)N1CCCC1C(CC(=O)NC(Cc1ccccc1)P(CC=O)N=O)OC)OC)N(C)C(=O)[C@@H](/N=C(/NC)N(C)C)C(C)C. The fourth-order valence-corrected chi connectivity index (χ4v) is 8.21. The number of amides is 3. The molecule has 15 heteroatoms. The summed E-state index contributed by atoms with van der Waals surface area (Å²) in [5, 5.41) is 6.01. The van der Waals surface area contributed by atoms with Gasteiger partial charge in [-0.1, -0.05) is 64.4 Å². The van der Waals surface area contributed by atoms with E-state index in [1.807, 2.05) is 63.2 Å². The number of aldehydes is 1. The lowest BCUT2D eigenvalue weighted by atomic mass is 9.89. The van der Waals surface area contributed by atoms with E-state index in [1.54, 1.807) is 31.0 Å². The number of nitrogens with one attached hydrogen (secondary N) is 2. The van der Waals surface area contributed by atoms with Crippen LogP contribution in [-0.4, -0.2) is 136 Å². The summed E-state index contributed by atoms with van der Waals surface area (Å²) in [5.74, 6) is -0.738. The van der Waals surface area contributed by atoms with E-state index in [-0.39, 0.29) is 54.6 Å². The third-order valence-electron chi connectivity index (χ3n) is 9.94. The molecule has 2 rings (SSSR count). The van der Waals surface area contributed by atoms with Crippen LogP contribution in [0.15, 0.2) is 40.3 Å². The number of likely N-dealkylation sites (N-methyl/N-ethyl adjacent to an activating group) is 1. The third-order valence-corrected chi connectivity index (χ3v) is 11.7. The molecule has 0 bridgehead atoms. The van der Waals surface area contributed by atoms with Gasteiger partial charge in [0.15, 0.2) is 5.96 Å². The Kier molecular flexibility index (Phi) is 19.4. The van der Waals surface area contributed by atoms with Crippen LogP contribution in [0.3, 0.4) is 0 Å². The van der Waals surface area contributed by atoms with Crippen molar-refractivity contribution >= 4 is 38.0 Å². The van der Waals surface area contributed by atoms with E-state index in [2.05, 4.69) is 29.4 Å². The third kappa shape index (κ3) is 12.6. The van der Waals surface area contributed by atoms with Gasteiger partial charge in [0, 0.05) is 55.1 Å². The molecule has 1 aliphatic heterocycles. The highest BCUT2D eigenvalue weighted by Crippen LogP contribution is 2.42. The molecule has 8 atom stereocenters. The Morgan fingerprint density at radius 1 is 1.08 bits per heavy atom. The van der Waals surface area contributed by atoms with Crippen molar-refractivity contribution < 1.29 is 28.7 Å². The molecule has 1 aliphatic rings. The quantitative estimate of drug-likeness (QED) is 0.0626. The summed E-state index contributed by atoms with van der Waals surface area (Å²) >= 11 is 0. The molecule has 52 heavy (non-hydrogen) atoms. The van der Waals surface area contributed by atoms with Crippen molar-refractivity contribution in [1.82, 2.24) is 25.3 Å². The van der Waals surface area contributed by atoms with Crippen LogP contribution in [0.5, 0.6) is 0 Å². The van der Waals surface area contributed by atoms with E-state index in [9.17, 15) is 24.1 Å². The lowest BCUT2D eigenvalue weighted by Gasteiger charge is -2.40. The maximum absolute atomic E-state index is 14.1. The molecule has 0 radical (unpaired) electrons. The summed E-state index contributed by atoms with van der Waals surface area (Å²) < 4.78 is 11.8. The number of benzene rings is 1. The first-order valence-electron chi connectivity index (χ1n) is 18.2. The molecule has 1 heterocycles. The van der Waals surface area contributed by atoms with Crippen LogP contribution in [0.1, 0.15) is 65.4 Å². The van der Waals surface area contributed by atoms with E-state index in [4.69, 9.17) is 14.5 Å². The number of likely N-dealkylation sites (tertiary alicyclic amines) is 1. The van der Waals surface area contributed by atoms with Gasteiger partial charge >= 0.3 is 0 Å². The smallest absolute Gasteiger partial charge is 0.247 e. The van der Waals surface area contributed by atoms with Crippen molar-refractivity contribution in [2.75, 3.05) is 55.1 Å². The largest absolute Gasteiger partial charge is 0.379 e. The maximum Gasteiger partial charge on any atom is 0.247 e. The van der Waals surface area contributed by atoms with Crippen molar-refractivity contribution in [1.29, 1.82) is 0 Å². The fourth-order valence-electron chi connectivity index (χ4n) is 6.91. The van der Waals surface area contributed by atoms with E-state index >= 15 is 0 Å². The van der Waals surface area contributed by atoms with Crippen molar-refractivity contribution in [2.45, 2.75) is 102 Å². The molecule has 1 fully saturated rings. The molecule has 0 saturated carbocycles. The van der Waals surface area contributed by atoms with Gasteiger partial charge in [-0.15, -0.1) is 4.91 Å². The van der Waals surface area contributed by atoms with Crippen molar-refractivity contribution in [3.63, 3.8) is 0 Å². The van der Waals surface area contributed by atoms with Gasteiger partial charge in [0.25, 0.3) is 0 Å². The zero-order valence-corrected chi connectivity index (χ0v) is 33.7. The number of carbonyl (C=O) groups is 4. The fraction of sp³-hybridized carbons (Fsp3) is 0.703. The molecule has 3 amide bonds. The molecular weight excluding hydrogens is 685 g/mol. The topological polar surface area (TPSA) is 162 Å². The molecule has 0 aromatic heterocycles. The van der Waals surface area contributed by atoms with Crippen molar-refractivity contribution in [2.24, 2.45) is 21.8 Å². The highest BCUT2D eigenvalue weighted by atomic mass is 31.1. The average molecular weight is 748 g/mol. The number of ether oxygens (including phenoxy) is 2. The van der Waals surface area contributed by atoms with Crippen LogP contribution in [0.25, 0.3) is 0 Å². The van der Waals surface area contributed by atoms with Gasteiger partial charge in [-0.3, -0.25) is 14.4 Å². The Labute approximate surface area is 311 Å². The van der Waals surface area contributed by atoms with Crippen molar-refractivity contribution in [3.05, 3.63) is 40.8 Å². The predicted octanol–water partition coefficient (Wildman–Crippen LogP) is 3.87. The number of rotatable bonds is 21. The second kappa shape index (κ2) is 22.6. The molecule has 14 nitrogen and oxygen atoms in total. The summed E-state index contributed by atoms with van der Waals surface area (Å²) in [6.07, 6.45) is 1.91. The Balaban J connectivity index is 2.27. The van der Waals surface area contributed by atoms with E-state index in [0.29, 0.717) is 31.6 Å². The van der Waals surface area contributed by atoms with E-state index in [1.165, 1.54) is 7.11 Å². The Morgan fingerprint density at radius 2 is 1.75 bits per heavy atom. The monoisotopic (exact) mass is 747 g/mol. The molecular formula is C37H62N7O7P. The van der Waals surface area contributed by atoms with Gasteiger partial charge in [0.05, 0.1) is 51.0 Å². The molecule has 0 spiro atoms. The number of nitrogens with zero attached hydrogens (tertiary/aromatic N) is 5. The first-order chi connectivity index (χ1) is 24.8. The van der Waals surface area contributed by atoms with Crippen LogP contribution >= 0.6 is 8.07 Å². The number of methoxy groups -OCH3 is 2. The number of hydrogen-bond acceptors (Lipinski definition) is 9. The number of guanidine groups is 1. The highest BCUT2D eigenvalue weighted by molar-refractivity contribution is 7.57. The van der Waals surface area contributed by atoms with E-state index in [0.717, 1.165) is 18.4 Å².